The Bertz CT molecular complexity index is 916. The fourth-order valence-corrected chi connectivity index (χ4v) is 3.87. The van der Waals surface area contributed by atoms with Crippen molar-refractivity contribution in [2.24, 2.45) is 0 Å². The number of hydrogen-bond donors (Lipinski definition) is 1. The summed E-state index contributed by atoms with van der Waals surface area (Å²) in [6, 6.07) is 18.8. The van der Waals surface area contributed by atoms with Crippen LogP contribution in [0.4, 0.5) is 0 Å². The first-order valence-corrected chi connectivity index (χ1v) is 10.5. The van der Waals surface area contributed by atoms with E-state index >= 15 is 0 Å². The molecule has 0 unspecified atom stereocenters. The van der Waals surface area contributed by atoms with E-state index in [4.69, 9.17) is 0 Å². The van der Waals surface area contributed by atoms with Gasteiger partial charge in [0.1, 0.15) is 0 Å². The van der Waals surface area contributed by atoms with Gasteiger partial charge in [0.05, 0.1) is 18.9 Å². The number of rotatable bonds is 7. The van der Waals surface area contributed by atoms with E-state index < -0.39 is 0 Å². The maximum Gasteiger partial charge on any atom is 0.234 e. The summed E-state index contributed by atoms with van der Waals surface area (Å²) in [6.07, 6.45) is 5.46. The zero-order chi connectivity index (χ0) is 20.8. The minimum absolute atomic E-state index is 0.0197. The van der Waals surface area contributed by atoms with Crippen molar-refractivity contribution in [3.63, 3.8) is 0 Å². The van der Waals surface area contributed by atoms with Crippen molar-refractivity contribution in [2.45, 2.75) is 19.5 Å². The fraction of sp³-hybridized carbons (Fsp3) is 0.333. The third-order valence-electron chi connectivity index (χ3n) is 5.65. The molecule has 0 spiro atoms. The predicted molar refractivity (Wildman–Crippen MR) is 118 cm³/mol. The molecule has 1 aliphatic heterocycles. The molecule has 1 fully saturated rings. The molecular weight excluding hydrogens is 374 g/mol. The number of amides is 1. The van der Waals surface area contributed by atoms with Crippen LogP contribution in [0.2, 0.25) is 0 Å². The van der Waals surface area contributed by atoms with E-state index in [2.05, 4.69) is 62.6 Å². The lowest BCUT2D eigenvalue weighted by Gasteiger charge is -2.34. The van der Waals surface area contributed by atoms with Gasteiger partial charge in [-0.3, -0.25) is 14.6 Å². The van der Waals surface area contributed by atoms with Gasteiger partial charge < -0.3 is 9.88 Å². The van der Waals surface area contributed by atoms with Gasteiger partial charge in [-0.05, 0) is 30.2 Å². The van der Waals surface area contributed by atoms with Crippen molar-refractivity contribution >= 4 is 5.91 Å². The first-order chi connectivity index (χ1) is 14.7. The van der Waals surface area contributed by atoms with Crippen LogP contribution in [0.1, 0.15) is 24.1 Å². The lowest BCUT2D eigenvalue weighted by atomic mass is 10.1. The highest BCUT2D eigenvalue weighted by atomic mass is 16.2. The Morgan fingerprint density at radius 1 is 1.00 bits per heavy atom. The lowest BCUT2D eigenvalue weighted by Crippen LogP contribution is -2.49. The van der Waals surface area contributed by atoms with Gasteiger partial charge in [0.2, 0.25) is 5.91 Å². The molecule has 3 aromatic rings. The molecule has 4 rings (SSSR count). The number of piperazine rings is 1. The van der Waals surface area contributed by atoms with E-state index in [0.717, 1.165) is 44.0 Å². The van der Waals surface area contributed by atoms with Crippen LogP contribution < -0.4 is 5.32 Å². The predicted octanol–water partition coefficient (Wildman–Crippen LogP) is 2.87. The number of nitrogens with one attached hydrogen (secondary N) is 1. The molecule has 6 heteroatoms. The van der Waals surface area contributed by atoms with Gasteiger partial charge in [-0.2, -0.15) is 0 Å². The van der Waals surface area contributed by atoms with Crippen LogP contribution in [0.3, 0.4) is 0 Å². The first kappa shape index (κ1) is 20.3. The van der Waals surface area contributed by atoms with Gasteiger partial charge in [0.15, 0.2) is 0 Å². The molecule has 156 valence electrons. The molecule has 0 aliphatic carbocycles. The molecule has 1 atom stereocenters. The normalized spacial score (nSPS) is 16.3. The van der Waals surface area contributed by atoms with Crippen molar-refractivity contribution in [3.8, 4) is 5.69 Å². The standard InChI is InChI=1S/C24H29N5O/c1-20(22-7-9-23(10-8-22)29-12-11-25-19-29)26-24(30)18-28-15-13-27(14-16-28)17-21-5-3-2-4-6-21/h2-12,19-20H,13-18H2,1H3,(H,26,30)/t20-/m1/s1. The van der Waals surface area contributed by atoms with Gasteiger partial charge in [-0.25, -0.2) is 4.98 Å². The first-order valence-electron chi connectivity index (χ1n) is 10.5. The number of aromatic nitrogens is 2. The average Bonchev–Trinajstić information content (AvgIpc) is 3.31. The zero-order valence-electron chi connectivity index (χ0n) is 17.4. The average molecular weight is 404 g/mol. The minimum atomic E-state index is -0.0197. The van der Waals surface area contributed by atoms with Crippen LogP contribution in [0.15, 0.2) is 73.3 Å². The second kappa shape index (κ2) is 9.69. The highest BCUT2D eigenvalue weighted by molar-refractivity contribution is 5.78. The summed E-state index contributed by atoms with van der Waals surface area (Å²) in [6.45, 7) is 7.30. The van der Waals surface area contributed by atoms with Gasteiger partial charge in [0.25, 0.3) is 0 Å². The van der Waals surface area contributed by atoms with Crippen LogP contribution in [0, 0.1) is 0 Å². The number of hydrogen-bond acceptors (Lipinski definition) is 4. The molecular formula is C24H29N5O. The number of nitrogens with zero attached hydrogens (tertiary/aromatic N) is 4. The van der Waals surface area contributed by atoms with Crippen molar-refractivity contribution in [2.75, 3.05) is 32.7 Å². The van der Waals surface area contributed by atoms with E-state index in [0.29, 0.717) is 6.54 Å². The maximum absolute atomic E-state index is 12.5. The van der Waals surface area contributed by atoms with Crippen molar-refractivity contribution in [1.29, 1.82) is 0 Å². The summed E-state index contributed by atoms with van der Waals surface area (Å²) in [4.78, 5) is 21.3. The molecule has 1 aliphatic rings. The van der Waals surface area contributed by atoms with Gasteiger partial charge in [-0.1, -0.05) is 42.5 Å². The molecule has 0 radical (unpaired) electrons. The molecule has 0 bridgehead atoms. The van der Waals surface area contributed by atoms with Crippen LogP contribution in [0.5, 0.6) is 0 Å². The molecule has 6 nitrogen and oxygen atoms in total. The number of carbonyl (C=O) groups excluding carboxylic acids is 1. The largest absolute Gasteiger partial charge is 0.348 e. The van der Waals surface area contributed by atoms with Gasteiger partial charge in [0, 0.05) is 50.8 Å². The fourth-order valence-electron chi connectivity index (χ4n) is 3.87. The molecule has 1 aromatic heterocycles. The van der Waals surface area contributed by atoms with Crippen LogP contribution in [-0.4, -0.2) is 58.0 Å². The third-order valence-corrected chi connectivity index (χ3v) is 5.65. The molecule has 1 saturated heterocycles. The van der Waals surface area contributed by atoms with E-state index in [1.54, 1.807) is 12.5 Å². The highest BCUT2D eigenvalue weighted by Gasteiger charge is 2.20. The van der Waals surface area contributed by atoms with Crippen molar-refractivity contribution < 1.29 is 4.79 Å². The van der Waals surface area contributed by atoms with Gasteiger partial charge in [-0.15, -0.1) is 0 Å². The summed E-state index contributed by atoms with van der Waals surface area (Å²) < 4.78 is 1.96. The molecule has 2 aromatic carbocycles. The monoisotopic (exact) mass is 403 g/mol. The Hall–Kier alpha value is -2.96. The summed E-state index contributed by atoms with van der Waals surface area (Å²) in [5.74, 6) is 0.0812. The second-order valence-corrected chi connectivity index (χ2v) is 7.89. The highest BCUT2D eigenvalue weighted by Crippen LogP contribution is 2.16. The Morgan fingerprint density at radius 2 is 1.70 bits per heavy atom. The quantitative estimate of drug-likeness (QED) is 0.659. The van der Waals surface area contributed by atoms with Crippen molar-refractivity contribution in [1.82, 2.24) is 24.7 Å². The number of benzene rings is 2. The maximum atomic E-state index is 12.5. The van der Waals surface area contributed by atoms with Crippen LogP contribution in [0.25, 0.3) is 5.69 Å². The summed E-state index contributed by atoms with van der Waals surface area (Å²) in [5.41, 5.74) is 3.50. The summed E-state index contributed by atoms with van der Waals surface area (Å²) in [7, 11) is 0. The molecule has 1 amide bonds. The topological polar surface area (TPSA) is 53.4 Å². The number of carbonyl (C=O) groups is 1. The third kappa shape index (κ3) is 5.34. The molecule has 30 heavy (non-hydrogen) atoms. The smallest absolute Gasteiger partial charge is 0.234 e. The summed E-state index contributed by atoms with van der Waals surface area (Å²) >= 11 is 0. The van der Waals surface area contributed by atoms with Crippen LogP contribution >= 0.6 is 0 Å². The van der Waals surface area contributed by atoms with E-state index in [9.17, 15) is 4.79 Å². The second-order valence-electron chi connectivity index (χ2n) is 7.89. The lowest BCUT2D eigenvalue weighted by molar-refractivity contribution is -0.123. The molecule has 2 heterocycles. The van der Waals surface area contributed by atoms with Gasteiger partial charge >= 0.3 is 0 Å². The Morgan fingerprint density at radius 3 is 2.37 bits per heavy atom. The Kier molecular flexibility index (Phi) is 6.57. The van der Waals surface area contributed by atoms with E-state index in [-0.39, 0.29) is 11.9 Å². The summed E-state index contributed by atoms with van der Waals surface area (Å²) in [5, 5.41) is 3.14. The SMILES string of the molecule is C[C@@H](NC(=O)CN1CCN(Cc2ccccc2)CC1)c1ccc(-n2ccnc2)cc1. The molecule has 1 N–H and O–H groups in total. The van der Waals surface area contributed by atoms with E-state index in [1.165, 1.54) is 5.56 Å². The minimum Gasteiger partial charge on any atom is -0.348 e. The zero-order valence-corrected chi connectivity index (χ0v) is 17.4. The van der Waals surface area contributed by atoms with Crippen LogP contribution in [-0.2, 0) is 11.3 Å². The Balaban J connectivity index is 1.22. The number of imidazole rings is 1. The van der Waals surface area contributed by atoms with Crippen molar-refractivity contribution in [3.05, 3.63) is 84.4 Å². The van der Waals surface area contributed by atoms with E-state index in [1.807, 2.05) is 29.8 Å². The molecule has 0 saturated carbocycles. The Labute approximate surface area is 178 Å².